The fourth-order valence-electron chi connectivity index (χ4n) is 3.55. The third kappa shape index (κ3) is 5.08. The molecular weight excluding hydrogens is 485 g/mol. The summed E-state index contributed by atoms with van der Waals surface area (Å²) in [6.07, 6.45) is 2.92. The van der Waals surface area contributed by atoms with E-state index in [2.05, 4.69) is 24.7 Å². The van der Waals surface area contributed by atoms with Crippen molar-refractivity contribution in [1.82, 2.24) is 24.6 Å². The van der Waals surface area contributed by atoms with Gasteiger partial charge >= 0.3 is 0 Å². The first-order valence-electron chi connectivity index (χ1n) is 10.7. The number of likely N-dealkylation sites (N-methyl/N-ethyl adjacent to an activating group) is 1. The van der Waals surface area contributed by atoms with Gasteiger partial charge in [0.15, 0.2) is 11.6 Å². The normalized spacial score (nSPS) is 14.9. The Morgan fingerprint density at radius 3 is 2.56 bits per heavy atom. The zero-order chi connectivity index (χ0) is 24.5. The number of halogens is 2. The number of sulfonamides is 1. The van der Waals surface area contributed by atoms with Crippen molar-refractivity contribution in [1.29, 1.82) is 0 Å². The van der Waals surface area contributed by atoms with E-state index in [0.29, 0.717) is 30.8 Å². The molecule has 0 aliphatic carbocycles. The first-order valence-corrected chi connectivity index (χ1v) is 12.5. The van der Waals surface area contributed by atoms with Crippen LogP contribution in [0.1, 0.15) is 12.5 Å². The lowest BCUT2D eigenvalue weighted by atomic mass is 10.2. The number of hydrogen-bond donors (Lipinski definition) is 1. The van der Waals surface area contributed by atoms with Gasteiger partial charge in [-0.1, -0.05) is 24.6 Å². The van der Waals surface area contributed by atoms with E-state index < -0.39 is 15.8 Å². The lowest BCUT2D eigenvalue weighted by Gasteiger charge is -2.34. The van der Waals surface area contributed by atoms with Crippen molar-refractivity contribution in [2.24, 2.45) is 7.05 Å². The third-order valence-corrected chi connectivity index (χ3v) is 7.08. The molecule has 1 aliphatic heterocycles. The van der Waals surface area contributed by atoms with Gasteiger partial charge in [0, 0.05) is 39.4 Å². The zero-order valence-corrected chi connectivity index (χ0v) is 20.6. The van der Waals surface area contributed by atoms with Gasteiger partial charge < -0.3 is 14.5 Å². The van der Waals surface area contributed by atoms with E-state index in [1.165, 1.54) is 23.1 Å². The van der Waals surface area contributed by atoms with Crippen LogP contribution in [0.4, 0.5) is 16.0 Å². The summed E-state index contributed by atoms with van der Waals surface area (Å²) in [5, 5.41) is 3.87. The molecule has 0 amide bonds. The average molecular weight is 510 g/mol. The van der Waals surface area contributed by atoms with Crippen molar-refractivity contribution < 1.29 is 17.5 Å². The van der Waals surface area contributed by atoms with Crippen molar-refractivity contribution in [3.05, 3.63) is 47.1 Å². The van der Waals surface area contributed by atoms with Gasteiger partial charge in [0.25, 0.3) is 10.0 Å². The van der Waals surface area contributed by atoms with Crippen molar-refractivity contribution in [3.63, 3.8) is 0 Å². The average Bonchev–Trinajstić information content (AvgIpc) is 3.23. The Balaban J connectivity index is 1.64. The van der Waals surface area contributed by atoms with Crippen LogP contribution in [-0.4, -0.2) is 66.3 Å². The Morgan fingerprint density at radius 2 is 1.91 bits per heavy atom. The van der Waals surface area contributed by atoms with Crippen molar-refractivity contribution in [2.45, 2.75) is 18.2 Å². The molecule has 1 N–H and O–H groups in total. The van der Waals surface area contributed by atoms with Crippen LogP contribution in [0, 0.1) is 5.82 Å². The van der Waals surface area contributed by atoms with Crippen LogP contribution in [0.5, 0.6) is 11.6 Å². The number of aryl methyl sites for hydroxylation is 1. The Kier molecular flexibility index (Phi) is 6.91. The van der Waals surface area contributed by atoms with E-state index in [1.807, 2.05) is 18.9 Å². The lowest BCUT2D eigenvalue weighted by molar-refractivity contribution is 0.311. The molecular formula is C21H25ClFN7O3S. The molecule has 182 valence electrons. The molecule has 1 fully saturated rings. The molecule has 1 aromatic carbocycles. The molecule has 10 nitrogen and oxygen atoms in total. The molecule has 13 heteroatoms. The maximum atomic E-state index is 15.4. The second-order valence-electron chi connectivity index (χ2n) is 7.91. The fraction of sp³-hybridized carbons (Fsp3) is 0.381. The molecule has 0 radical (unpaired) electrons. The summed E-state index contributed by atoms with van der Waals surface area (Å²) in [6, 6.07) is 4.89. The number of anilines is 2. The smallest absolute Gasteiger partial charge is 0.267 e. The van der Waals surface area contributed by atoms with Crippen molar-refractivity contribution in [2.75, 3.05) is 42.8 Å². The number of nitrogens with one attached hydrogen (secondary N) is 1. The molecule has 2 aromatic heterocycles. The molecule has 0 saturated carbocycles. The predicted molar refractivity (Wildman–Crippen MR) is 127 cm³/mol. The highest BCUT2D eigenvalue weighted by Crippen LogP contribution is 2.34. The van der Waals surface area contributed by atoms with Gasteiger partial charge in [0.2, 0.25) is 11.8 Å². The van der Waals surface area contributed by atoms with Crippen LogP contribution in [-0.2, 0) is 23.5 Å². The minimum Gasteiger partial charge on any atom is -0.435 e. The van der Waals surface area contributed by atoms with Gasteiger partial charge in [-0.25, -0.2) is 17.5 Å². The van der Waals surface area contributed by atoms with Crippen molar-refractivity contribution in [3.8, 4) is 11.6 Å². The SMILES string of the molecule is CCc1c(Cl)nc(NS(=O)(=O)c2cnn(C)c2)nc1Oc1cccc(N2CCN(C)CC2)c1F. The summed E-state index contributed by atoms with van der Waals surface area (Å²) in [6.45, 7) is 4.85. The molecule has 3 aromatic rings. The number of rotatable bonds is 7. The van der Waals surface area contributed by atoms with Gasteiger partial charge in [0.05, 0.1) is 17.4 Å². The molecule has 0 bridgehead atoms. The largest absolute Gasteiger partial charge is 0.435 e. The number of nitrogens with zero attached hydrogens (tertiary/aromatic N) is 6. The minimum absolute atomic E-state index is 0.00650. The van der Waals surface area contributed by atoms with Gasteiger partial charge in [-0.2, -0.15) is 15.1 Å². The van der Waals surface area contributed by atoms with E-state index in [9.17, 15) is 8.42 Å². The van der Waals surface area contributed by atoms with Gasteiger partial charge in [-0.15, -0.1) is 0 Å². The second kappa shape index (κ2) is 9.72. The van der Waals surface area contributed by atoms with E-state index in [0.717, 1.165) is 13.1 Å². The quantitative estimate of drug-likeness (QED) is 0.485. The topological polar surface area (TPSA) is 105 Å². The number of benzene rings is 1. The first kappa shape index (κ1) is 24.2. The van der Waals surface area contributed by atoms with Crippen LogP contribution in [0.25, 0.3) is 0 Å². The van der Waals surface area contributed by atoms with E-state index in [4.69, 9.17) is 16.3 Å². The summed E-state index contributed by atoms with van der Waals surface area (Å²) < 4.78 is 50.2. The maximum Gasteiger partial charge on any atom is 0.267 e. The minimum atomic E-state index is -4.01. The highest BCUT2D eigenvalue weighted by molar-refractivity contribution is 7.92. The molecule has 1 saturated heterocycles. The monoisotopic (exact) mass is 509 g/mol. The summed E-state index contributed by atoms with van der Waals surface area (Å²) >= 11 is 6.30. The molecule has 1 aliphatic rings. The molecule has 3 heterocycles. The number of piperazine rings is 1. The lowest BCUT2D eigenvalue weighted by Crippen LogP contribution is -2.44. The molecule has 34 heavy (non-hydrogen) atoms. The maximum absolute atomic E-state index is 15.4. The third-order valence-electron chi connectivity index (χ3n) is 5.48. The number of ether oxygens (including phenoxy) is 1. The van der Waals surface area contributed by atoms with Crippen molar-refractivity contribution >= 4 is 33.3 Å². The van der Waals surface area contributed by atoms with E-state index in [1.54, 1.807) is 19.2 Å². The van der Waals surface area contributed by atoms with Crippen LogP contribution in [0.15, 0.2) is 35.5 Å². The van der Waals surface area contributed by atoms with Crippen LogP contribution in [0.3, 0.4) is 0 Å². The zero-order valence-electron chi connectivity index (χ0n) is 19.0. The molecule has 4 rings (SSSR count). The van der Waals surface area contributed by atoms with Crippen LogP contribution < -0.4 is 14.4 Å². The van der Waals surface area contributed by atoms with Crippen LogP contribution in [0.2, 0.25) is 5.15 Å². The molecule has 0 atom stereocenters. The number of aromatic nitrogens is 4. The highest BCUT2D eigenvalue weighted by Gasteiger charge is 2.23. The predicted octanol–water partition coefficient (Wildman–Crippen LogP) is 2.91. The van der Waals surface area contributed by atoms with Gasteiger partial charge in [-0.3, -0.25) is 4.68 Å². The number of hydrogen-bond acceptors (Lipinski definition) is 8. The van der Waals surface area contributed by atoms with Gasteiger partial charge in [-0.05, 0) is 25.6 Å². The summed E-state index contributed by atoms with van der Waals surface area (Å²) in [7, 11) is -0.387. The Labute approximate surface area is 202 Å². The Bertz CT molecular complexity index is 1290. The summed E-state index contributed by atoms with van der Waals surface area (Å²) in [5.41, 5.74) is 0.858. The van der Waals surface area contributed by atoms with Gasteiger partial charge in [0.1, 0.15) is 10.0 Å². The van der Waals surface area contributed by atoms with Crippen LogP contribution >= 0.6 is 11.6 Å². The summed E-state index contributed by atoms with van der Waals surface area (Å²) in [5.74, 6) is -0.888. The van der Waals surface area contributed by atoms with E-state index in [-0.39, 0.29) is 27.6 Å². The first-order chi connectivity index (χ1) is 16.2. The standard InChI is InChI=1S/C21H25ClFN7O3S/c1-4-15-19(22)25-21(27-34(31,32)14-12-24-29(3)13-14)26-20(15)33-17-7-5-6-16(18(17)23)30-10-8-28(2)9-11-30/h5-7,12-13H,4,8-11H2,1-3H3,(H,25,26,27). The fourth-order valence-corrected chi connectivity index (χ4v) is 4.78. The summed E-state index contributed by atoms with van der Waals surface area (Å²) in [4.78, 5) is 12.3. The Morgan fingerprint density at radius 1 is 1.18 bits per heavy atom. The molecule has 0 spiro atoms. The second-order valence-corrected chi connectivity index (χ2v) is 9.95. The highest BCUT2D eigenvalue weighted by atomic mass is 35.5. The Hall–Kier alpha value is -2.96. The van der Waals surface area contributed by atoms with E-state index >= 15 is 4.39 Å². The molecule has 0 unspecified atom stereocenters.